The highest BCUT2D eigenvalue weighted by atomic mass is 32.2. The number of halogens is 4. The third-order valence-electron chi connectivity index (χ3n) is 5.37. The summed E-state index contributed by atoms with van der Waals surface area (Å²) in [6.45, 7) is -1.19. The van der Waals surface area contributed by atoms with Gasteiger partial charge >= 0.3 is 12.3 Å². The van der Waals surface area contributed by atoms with E-state index in [1.165, 1.54) is 16.4 Å². The molecule has 2 saturated heterocycles. The molecule has 0 bridgehead atoms. The second-order valence-electron chi connectivity index (χ2n) is 7.41. The Morgan fingerprint density at radius 1 is 1.19 bits per heavy atom. The molecule has 31 heavy (non-hydrogen) atoms. The Labute approximate surface area is 176 Å². The van der Waals surface area contributed by atoms with Crippen LogP contribution in [0.25, 0.3) is 0 Å². The predicted octanol–water partition coefficient (Wildman–Crippen LogP) is 1.74. The van der Waals surface area contributed by atoms with Gasteiger partial charge in [0.05, 0.1) is 23.7 Å². The summed E-state index contributed by atoms with van der Waals surface area (Å²) in [5.74, 6) is -0.564. The van der Waals surface area contributed by atoms with E-state index < -0.39 is 46.4 Å². The maximum Gasteiger partial charge on any atom is 0.427 e. The average molecular weight is 470 g/mol. The third-order valence-corrected chi connectivity index (χ3v) is 7.23. The second-order valence-corrected chi connectivity index (χ2v) is 9.35. The topological polar surface area (TPSA) is 96.4 Å². The molecular formula is C18H22F4N2O6S. The van der Waals surface area contributed by atoms with Crippen LogP contribution in [0.5, 0.6) is 0 Å². The van der Waals surface area contributed by atoms with Crippen molar-refractivity contribution in [1.82, 2.24) is 9.21 Å². The van der Waals surface area contributed by atoms with E-state index >= 15 is 0 Å². The van der Waals surface area contributed by atoms with Gasteiger partial charge in [-0.3, -0.25) is 0 Å². The van der Waals surface area contributed by atoms with E-state index in [-0.39, 0.29) is 50.5 Å². The van der Waals surface area contributed by atoms with Crippen molar-refractivity contribution < 1.29 is 45.4 Å². The number of carbonyl (C=O) groups is 1. The van der Waals surface area contributed by atoms with Crippen molar-refractivity contribution in [3.05, 3.63) is 30.1 Å². The lowest BCUT2D eigenvalue weighted by molar-refractivity contribution is -0.215. The number of ether oxygens (including phenoxy) is 2. The van der Waals surface area contributed by atoms with Gasteiger partial charge in [-0.15, -0.1) is 0 Å². The molecule has 0 aliphatic carbocycles. The van der Waals surface area contributed by atoms with Crippen LogP contribution in [-0.4, -0.2) is 86.1 Å². The highest BCUT2D eigenvalue weighted by Crippen LogP contribution is 2.33. The van der Waals surface area contributed by atoms with Crippen LogP contribution in [0.15, 0.2) is 29.2 Å². The number of alkyl halides is 3. The lowest BCUT2D eigenvalue weighted by Gasteiger charge is -2.46. The number of carbonyl (C=O) groups excluding carboxylic acids is 1. The van der Waals surface area contributed by atoms with Gasteiger partial charge in [0, 0.05) is 26.2 Å². The number of amides is 1. The molecule has 1 amide bonds. The van der Waals surface area contributed by atoms with Gasteiger partial charge < -0.3 is 19.5 Å². The van der Waals surface area contributed by atoms with Crippen molar-refractivity contribution >= 4 is 16.1 Å². The van der Waals surface area contributed by atoms with Gasteiger partial charge in [-0.05, 0) is 37.1 Å². The van der Waals surface area contributed by atoms with Gasteiger partial charge in [0.25, 0.3) is 0 Å². The van der Waals surface area contributed by atoms with Crippen LogP contribution < -0.4 is 0 Å². The largest absolute Gasteiger partial charge is 0.434 e. The maximum atomic E-state index is 13.1. The first-order chi connectivity index (χ1) is 14.5. The van der Waals surface area contributed by atoms with Gasteiger partial charge in [0.2, 0.25) is 16.1 Å². The summed E-state index contributed by atoms with van der Waals surface area (Å²) in [6, 6.07) is 4.44. The minimum Gasteiger partial charge on any atom is -0.434 e. The number of aliphatic hydroxyl groups excluding tert-OH is 1. The molecule has 2 fully saturated rings. The summed E-state index contributed by atoms with van der Waals surface area (Å²) in [6.07, 6.45) is -8.33. The fourth-order valence-electron chi connectivity index (χ4n) is 3.57. The van der Waals surface area contributed by atoms with Gasteiger partial charge in [0.15, 0.2) is 0 Å². The van der Waals surface area contributed by atoms with Crippen LogP contribution in [0, 0.1) is 5.82 Å². The van der Waals surface area contributed by atoms with E-state index in [1.807, 2.05) is 0 Å². The zero-order valence-corrected chi connectivity index (χ0v) is 17.2. The molecule has 174 valence electrons. The summed E-state index contributed by atoms with van der Waals surface area (Å²) in [5, 5.41) is 8.80. The van der Waals surface area contributed by atoms with Gasteiger partial charge in [-0.2, -0.15) is 17.5 Å². The molecule has 1 unspecified atom stereocenters. The Morgan fingerprint density at radius 3 is 2.35 bits per heavy atom. The Kier molecular flexibility index (Phi) is 6.79. The van der Waals surface area contributed by atoms with Crippen LogP contribution >= 0.6 is 0 Å². The van der Waals surface area contributed by atoms with Crippen LogP contribution in [0.3, 0.4) is 0 Å². The number of hydrogen-bond acceptors (Lipinski definition) is 6. The molecule has 0 aromatic heterocycles. The van der Waals surface area contributed by atoms with Gasteiger partial charge in [-0.25, -0.2) is 17.6 Å². The van der Waals surface area contributed by atoms with E-state index in [0.29, 0.717) is 0 Å². The van der Waals surface area contributed by atoms with E-state index in [0.717, 1.165) is 17.0 Å². The van der Waals surface area contributed by atoms with Gasteiger partial charge in [-0.1, -0.05) is 0 Å². The molecule has 2 aliphatic heterocycles. The Hall–Kier alpha value is -1.96. The van der Waals surface area contributed by atoms with Gasteiger partial charge in [0.1, 0.15) is 5.82 Å². The number of morpholine rings is 1. The van der Waals surface area contributed by atoms with Crippen molar-refractivity contribution in [2.75, 3.05) is 39.4 Å². The standard InChI is InChI=1S/C18H22F4N2O6S/c19-13-1-3-14(4-2-13)31(27,28)24-9-10-29-17(12-24)5-7-23(8-6-17)16(26)30-15(11-25)18(20,21)22/h1-4,15,25H,5-12H2. The molecule has 3 rings (SSSR count). The number of aliphatic hydroxyl groups is 1. The zero-order chi connectivity index (χ0) is 22.9. The Balaban J connectivity index is 1.63. The first kappa shape index (κ1) is 23.7. The SMILES string of the molecule is O=C(OC(CO)C(F)(F)F)N1CCC2(CC1)CN(S(=O)(=O)c1ccc(F)cc1)CCO2. The minimum atomic E-state index is -4.89. The third kappa shape index (κ3) is 5.27. The molecule has 1 aromatic carbocycles. The molecule has 1 aromatic rings. The molecular weight excluding hydrogens is 448 g/mol. The summed E-state index contributed by atoms with van der Waals surface area (Å²) in [7, 11) is -3.89. The number of likely N-dealkylation sites (tertiary alicyclic amines) is 1. The number of rotatable bonds is 4. The first-order valence-electron chi connectivity index (χ1n) is 9.50. The number of piperidine rings is 1. The normalized spacial score (nSPS) is 21.1. The molecule has 8 nitrogen and oxygen atoms in total. The molecule has 1 N–H and O–H groups in total. The Morgan fingerprint density at radius 2 is 1.81 bits per heavy atom. The lowest BCUT2D eigenvalue weighted by atomic mass is 9.90. The molecule has 2 heterocycles. The monoisotopic (exact) mass is 470 g/mol. The highest BCUT2D eigenvalue weighted by molar-refractivity contribution is 7.89. The van der Waals surface area contributed by atoms with Crippen LogP contribution in [-0.2, 0) is 19.5 Å². The molecule has 0 radical (unpaired) electrons. The molecule has 2 aliphatic rings. The summed E-state index contributed by atoms with van der Waals surface area (Å²) in [5.41, 5.74) is -0.900. The fraction of sp³-hybridized carbons (Fsp3) is 0.611. The van der Waals surface area contributed by atoms with Crippen molar-refractivity contribution in [2.24, 2.45) is 0 Å². The van der Waals surface area contributed by atoms with E-state index in [1.54, 1.807) is 0 Å². The molecule has 13 heteroatoms. The van der Waals surface area contributed by atoms with Crippen molar-refractivity contribution in [3.63, 3.8) is 0 Å². The smallest absolute Gasteiger partial charge is 0.427 e. The first-order valence-corrected chi connectivity index (χ1v) is 10.9. The molecule has 0 saturated carbocycles. The van der Waals surface area contributed by atoms with Crippen molar-refractivity contribution in [1.29, 1.82) is 0 Å². The minimum absolute atomic E-state index is 0.000719. The second kappa shape index (κ2) is 8.88. The maximum absolute atomic E-state index is 13.1. The number of nitrogens with zero attached hydrogens (tertiary/aromatic N) is 2. The number of hydrogen-bond donors (Lipinski definition) is 1. The van der Waals surface area contributed by atoms with Crippen LogP contribution in [0.1, 0.15) is 12.8 Å². The number of benzene rings is 1. The van der Waals surface area contributed by atoms with Crippen molar-refractivity contribution in [3.8, 4) is 0 Å². The van der Waals surface area contributed by atoms with E-state index in [2.05, 4.69) is 4.74 Å². The average Bonchev–Trinajstić information content (AvgIpc) is 2.72. The predicted molar refractivity (Wildman–Crippen MR) is 98.1 cm³/mol. The molecule has 1 spiro atoms. The zero-order valence-electron chi connectivity index (χ0n) is 16.3. The lowest BCUT2D eigenvalue weighted by Crippen LogP contribution is -2.58. The molecule has 1 atom stereocenters. The van der Waals surface area contributed by atoms with E-state index in [9.17, 15) is 30.8 Å². The summed E-state index contributed by atoms with van der Waals surface area (Å²) >= 11 is 0. The quantitative estimate of drug-likeness (QED) is 0.674. The summed E-state index contributed by atoms with van der Waals surface area (Å²) < 4.78 is 88.3. The van der Waals surface area contributed by atoms with E-state index in [4.69, 9.17) is 9.84 Å². The van der Waals surface area contributed by atoms with Crippen LogP contribution in [0.2, 0.25) is 0 Å². The Bertz CT molecular complexity index is 885. The number of sulfonamides is 1. The van der Waals surface area contributed by atoms with Crippen molar-refractivity contribution in [2.45, 2.75) is 35.6 Å². The summed E-state index contributed by atoms with van der Waals surface area (Å²) in [4.78, 5) is 13.0. The fourth-order valence-corrected chi connectivity index (χ4v) is 5.07. The van der Waals surface area contributed by atoms with Crippen LogP contribution in [0.4, 0.5) is 22.4 Å². The highest BCUT2D eigenvalue weighted by Gasteiger charge is 2.46.